The topological polar surface area (TPSA) is 165 Å². The van der Waals surface area contributed by atoms with Crippen molar-refractivity contribution in [1.29, 1.82) is 0 Å². The number of aromatic amines is 1. The number of carbonyl (C=O) groups is 3. The van der Waals surface area contributed by atoms with Crippen LogP contribution in [-0.4, -0.2) is 95.0 Å². The number of carboxylic acids is 1. The second-order valence-electron chi connectivity index (χ2n) is 9.78. The molecule has 0 bridgehead atoms. The number of fused-ring (bicyclic) bond motifs is 2. The van der Waals surface area contributed by atoms with Crippen molar-refractivity contribution in [1.82, 2.24) is 29.8 Å². The highest BCUT2D eigenvalue weighted by Crippen LogP contribution is 2.25. The zero-order chi connectivity index (χ0) is 27.2. The van der Waals surface area contributed by atoms with E-state index < -0.39 is 45.6 Å². The molecule has 2 aromatic heterocycles. The molecule has 0 radical (unpaired) electrons. The van der Waals surface area contributed by atoms with E-state index in [9.17, 15) is 22.8 Å². The Morgan fingerprint density at radius 1 is 1.16 bits per heavy atom. The fourth-order valence-electron chi connectivity index (χ4n) is 4.81. The number of aromatic nitrogens is 2. The van der Waals surface area contributed by atoms with Gasteiger partial charge in [0.1, 0.15) is 5.69 Å². The van der Waals surface area contributed by atoms with Gasteiger partial charge in [-0.05, 0) is 32.2 Å². The summed E-state index contributed by atoms with van der Waals surface area (Å²) >= 11 is 1.29. The monoisotopic (exact) mass is 560 g/mol. The van der Waals surface area contributed by atoms with E-state index in [1.807, 2.05) is 32.2 Å². The Kier molecular flexibility index (Phi) is 6.98. The molecule has 1 aromatic carbocycles. The van der Waals surface area contributed by atoms with Crippen molar-refractivity contribution in [2.75, 3.05) is 32.4 Å². The number of carboxylic acid groups (broad SMARTS) is 1. The molecule has 14 heteroatoms. The highest BCUT2D eigenvalue weighted by molar-refractivity contribution is 7.89. The first-order chi connectivity index (χ1) is 18.0. The van der Waals surface area contributed by atoms with Crippen LogP contribution in [0, 0.1) is 6.92 Å². The van der Waals surface area contributed by atoms with Gasteiger partial charge >= 0.3 is 5.97 Å². The molecular weight excluding hydrogens is 532 g/mol. The van der Waals surface area contributed by atoms with Gasteiger partial charge in [-0.2, -0.15) is 4.31 Å². The maximum absolute atomic E-state index is 13.1. The second-order valence-corrected chi connectivity index (χ2v) is 12.8. The first-order valence-corrected chi connectivity index (χ1v) is 14.5. The molecule has 0 saturated carbocycles. The summed E-state index contributed by atoms with van der Waals surface area (Å²) in [5, 5.41) is 15.8. The van der Waals surface area contributed by atoms with Gasteiger partial charge in [0.2, 0.25) is 10.0 Å². The van der Waals surface area contributed by atoms with Gasteiger partial charge in [-0.25, -0.2) is 13.4 Å². The molecule has 1 saturated heterocycles. The van der Waals surface area contributed by atoms with Crippen LogP contribution in [0.1, 0.15) is 36.4 Å². The molecule has 202 valence electrons. The van der Waals surface area contributed by atoms with Crippen molar-refractivity contribution in [3.63, 3.8) is 0 Å². The smallest absolute Gasteiger partial charge is 0.320 e. The van der Waals surface area contributed by atoms with Gasteiger partial charge in [-0.1, -0.05) is 11.6 Å². The largest absolute Gasteiger partial charge is 0.480 e. The number of rotatable bonds is 7. The molecule has 4 heterocycles. The third-order valence-corrected chi connectivity index (χ3v) is 9.53. The molecule has 2 amide bonds. The summed E-state index contributed by atoms with van der Waals surface area (Å²) in [6.07, 6.45) is 0.739. The van der Waals surface area contributed by atoms with E-state index in [4.69, 9.17) is 5.11 Å². The summed E-state index contributed by atoms with van der Waals surface area (Å²) in [6.45, 7) is 3.14. The first kappa shape index (κ1) is 26.3. The number of carbonyl (C=O) groups excluding carboxylic acids is 2. The molecule has 0 unspecified atom stereocenters. The van der Waals surface area contributed by atoms with Crippen molar-refractivity contribution in [2.24, 2.45) is 0 Å². The van der Waals surface area contributed by atoms with Crippen molar-refractivity contribution >= 4 is 50.0 Å². The van der Waals surface area contributed by atoms with Crippen molar-refractivity contribution in [3.05, 3.63) is 51.1 Å². The average molecular weight is 561 g/mol. The molecule has 0 aliphatic carbocycles. The van der Waals surface area contributed by atoms with Gasteiger partial charge in [0, 0.05) is 48.4 Å². The predicted molar refractivity (Wildman–Crippen MR) is 141 cm³/mol. The van der Waals surface area contributed by atoms with Gasteiger partial charge in [0.15, 0.2) is 10.8 Å². The number of aryl methyl sites for hydroxylation is 1. The van der Waals surface area contributed by atoms with E-state index in [1.54, 1.807) is 6.07 Å². The number of nitrogens with one attached hydrogen (secondary N) is 3. The summed E-state index contributed by atoms with van der Waals surface area (Å²) in [6, 6.07) is 5.85. The van der Waals surface area contributed by atoms with Crippen LogP contribution >= 0.6 is 11.3 Å². The molecule has 38 heavy (non-hydrogen) atoms. The zero-order valence-corrected chi connectivity index (χ0v) is 22.5. The van der Waals surface area contributed by atoms with Crippen molar-refractivity contribution in [3.8, 4) is 0 Å². The summed E-state index contributed by atoms with van der Waals surface area (Å²) in [4.78, 5) is 48.1. The summed E-state index contributed by atoms with van der Waals surface area (Å²) in [5.41, 5.74) is 2.99. The minimum absolute atomic E-state index is 0.175. The molecule has 2 aliphatic heterocycles. The first-order valence-electron chi connectivity index (χ1n) is 12.1. The van der Waals surface area contributed by atoms with Crippen LogP contribution in [0.25, 0.3) is 10.9 Å². The lowest BCUT2D eigenvalue weighted by Crippen LogP contribution is -2.51. The number of benzene rings is 1. The van der Waals surface area contributed by atoms with E-state index in [0.29, 0.717) is 12.2 Å². The van der Waals surface area contributed by atoms with Crippen LogP contribution in [0.4, 0.5) is 0 Å². The molecule has 5 rings (SSSR count). The van der Waals surface area contributed by atoms with Crippen LogP contribution in [0.3, 0.4) is 0 Å². The van der Waals surface area contributed by atoms with Gasteiger partial charge in [0.25, 0.3) is 11.8 Å². The molecule has 12 nitrogen and oxygen atoms in total. The van der Waals surface area contributed by atoms with Crippen LogP contribution in [0.15, 0.2) is 24.3 Å². The Labute approximate surface area is 223 Å². The number of H-pyrrole nitrogens is 1. The molecule has 4 N–H and O–H groups in total. The molecular formula is C24H28N6O6S2. The van der Waals surface area contributed by atoms with E-state index in [-0.39, 0.29) is 18.1 Å². The number of likely N-dealkylation sites (N-methyl/N-ethyl adjacent to an activating group) is 1. The molecule has 2 aliphatic rings. The molecule has 3 aromatic rings. The number of amides is 2. The lowest BCUT2D eigenvalue weighted by atomic mass is 10.1. The fraction of sp³-hybridized carbons (Fsp3) is 0.417. The predicted octanol–water partition coefficient (Wildman–Crippen LogP) is 0.548. The minimum atomic E-state index is -4.15. The number of hydrogen-bond donors (Lipinski definition) is 4. The van der Waals surface area contributed by atoms with Crippen molar-refractivity contribution < 1.29 is 27.9 Å². The molecule has 1 fully saturated rings. The highest BCUT2D eigenvalue weighted by atomic mass is 32.2. The number of nitrogens with zero attached hydrogens (tertiary/aromatic N) is 3. The van der Waals surface area contributed by atoms with Gasteiger partial charge in [-0.15, -0.1) is 11.3 Å². The fourth-order valence-corrected chi connectivity index (χ4v) is 7.17. The number of aliphatic carboxylic acids is 1. The number of thiazole rings is 1. The molecule has 0 spiro atoms. The third-order valence-electron chi connectivity index (χ3n) is 6.76. The van der Waals surface area contributed by atoms with Crippen LogP contribution in [0.2, 0.25) is 0 Å². The SMILES string of the molecule is Cc1ccc2[nH]c(C(=O)N[C@@H]3CN(S(=O)(=O)CC(=O)O)C[C@H]3NC(=O)c3nc4c(s3)CN(C)CC4)cc2c1. The normalized spacial score (nSPS) is 20.4. The lowest BCUT2D eigenvalue weighted by molar-refractivity contribution is -0.134. The Hall–Kier alpha value is -3.33. The number of sulfonamides is 1. The Bertz CT molecular complexity index is 1530. The van der Waals surface area contributed by atoms with Gasteiger partial charge in [-0.3, -0.25) is 14.4 Å². The summed E-state index contributed by atoms with van der Waals surface area (Å²) < 4.78 is 26.3. The third kappa shape index (κ3) is 5.43. The van der Waals surface area contributed by atoms with Gasteiger partial charge in [0.05, 0.1) is 17.8 Å². The maximum Gasteiger partial charge on any atom is 0.320 e. The highest BCUT2D eigenvalue weighted by Gasteiger charge is 2.41. The van der Waals surface area contributed by atoms with E-state index >= 15 is 0 Å². The zero-order valence-electron chi connectivity index (χ0n) is 20.9. The van der Waals surface area contributed by atoms with Crippen LogP contribution < -0.4 is 10.6 Å². The van der Waals surface area contributed by atoms with Gasteiger partial charge < -0.3 is 25.6 Å². The summed E-state index contributed by atoms with van der Waals surface area (Å²) in [7, 11) is -2.16. The summed E-state index contributed by atoms with van der Waals surface area (Å²) in [5.74, 6) is -3.49. The van der Waals surface area contributed by atoms with Crippen LogP contribution in [-0.2, 0) is 27.8 Å². The second kappa shape index (κ2) is 10.1. The lowest BCUT2D eigenvalue weighted by Gasteiger charge is -2.20. The minimum Gasteiger partial charge on any atom is -0.480 e. The van der Waals surface area contributed by atoms with Crippen molar-refractivity contribution in [2.45, 2.75) is 32.0 Å². The maximum atomic E-state index is 13.1. The quantitative estimate of drug-likeness (QED) is 0.325. The Morgan fingerprint density at radius 3 is 2.58 bits per heavy atom. The van der Waals surface area contributed by atoms with E-state index in [1.165, 1.54) is 11.3 Å². The Balaban J connectivity index is 1.36. The Morgan fingerprint density at radius 2 is 1.87 bits per heavy atom. The standard InChI is InChI=1S/C24H28N6O6S2/c1-13-3-4-15-14(7-13)8-17(25-15)22(33)26-18-9-30(38(35,36)12-21(31)32)10-19(18)27-23(34)24-28-16-5-6-29(2)11-20(16)37-24/h3-4,7-8,18-19,25H,5-6,9-12H2,1-2H3,(H,26,33)(H,27,34)(H,31,32)/t18-,19-/m1/s1. The van der Waals surface area contributed by atoms with E-state index in [2.05, 4.69) is 25.5 Å². The van der Waals surface area contributed by atoms with Crippen LogP contribution in [0.5, 0.6) is 0 Å². The van der Waals surface area contributed by atoms with E-state index in [0.717, 1.165) is 44.3 Å². The average Bonchev–Trinajstić information content (AvgIpc) is 3.54. The number of hydrogen-bond acceptors (Lipinski definition) is 8. The molecule has 2 atom stereocenters.